The van der Waals surface area contributed by atoms with Crippen molar-refractivity contribution in [3.05, 3.63) is 66.2 Å². The molecule has 0 aliphatic carbocycles. The van der Waals surface area contributed by atoms with Crippen LogP contribution in [0.3, 0.4) is 0 Å². The topological polar surface area (TPSA) is 24.9 Å². The van der Waals surface area contributed by atoms with Gasteiger partial charge >= 0.3 is 0 Å². The molecule has 21 heavy (non-hydrogen) atoms. The van der Waals surface area contributed by atoms with Crippen LogP contribution in [0.15, 0.2) is 60.7 Å². The third-order valence-corrected chi connectivity index (χ3v) is 3.59. The molecule has 0 fully saturated rings. The summed E-state index contributed by atoms with van der Waals surface area (Å²) in [5.41, 5.74) is 4.57. The number of aromatic nitrogens is 1. The molecule has 0 atom stereocenters. The monoisotopic (exact) mass is 276 g/mol. The molecule has 3 aromatic rings. The fourth-order valence-electron chi connectivity index (χ4n) is 2.45. The van der Waals surface area contributed by atoms with E-state index in [9.17, 15) is 0 Å². The highest BCUT2D eigenvalue weighted by atomic mass is 14.9. The number of hydrogen-bond acceptors (Lipinski definition) is 2. The third kappa shape index (κ3) is 3.11. The van der Waals surface area contributed by atoms with Crippen molar-refractivity contribution >= 4 is 10.9 Å². The van der Waals surface area contributed by atoms with Crippen LogP contribution in [0.25, 0.3) is 22.2 Å². The standard InChI is InChI=1S/C19H20N2/c1-14(2)20-13-16-8-3-5-9-17(16)19-12-11-15-7-4-6-10-18(15)21-19/h3-12,14,20H,13H2,1-2H3. The summed E-state index contributed by atoms with van der Waals surface area (Å²) in [4.78, 5) is 4.81. The lowest BCUT2D eigenvalue weighted by Gasteiger charge is -2.12. The lowest BCUT2D eigenvalue weighted by atomic mass is 10.0. The lowest BCUT2D eigenvalue weighted by molar-refractivity contribution is 0.589. The first-order valence-corrected chi connectivity index (χ1v) is 7.41. The normalized spacial score (nSPS) is 11.2. The number of rotatable bonds is 4. The Bertz CT molecular complexity index is 747. The van der Waals surface area contributed by atoms with E-state index < -0.39 is 0 Å². The predicted octanol–water partition coefficient (Wildman–Crippen LogP) is 4.40. The minimum absolute atomic E-state index is 0.475. The van der Waals surface area contributed by atoms with Gasteiger partial charge in [0.2, 0.25) is 0 Å². The van der Waals surface area contributed by atoms with Gasteiger partial charge in [-0.2, -0.15) is 0 Å². The summed E-state index contributed by atoms with van der Waals surface area (Å²) in [6.07, 6.45) is 0. The number of benzene rings is 2. The van der Waals surface area contributed by atoms with Crippen LogP contribution < -0.4 is 5.32 Å². The van der Waals surface area contributed by atoms with Crippen LogP contribution >= 0.6 is 0 Å². The molecule has 0 spiro atoms. The maximum absolute atomic E-state index is 4.81. The number of pyridine rings is 1. The SMILES string of the molecule is CC(C)NCc1ccccc1-c1ccc2ccccc2n1. The van der Waals surface area contributed by atoms with E-state index >= 15 is 0 Å². The fourth-order valence-corrected chi connectivity index (χ4v) is 2.45. The Kier molecular flexibility index (Phi) is 3.98. The number of fused-ring (bicyclic) bond motifs is 1. The van der Waals surface area contributed by atoms with Gasteiger partial charge in [0.05, 0.1) is 11.2 Å². The average Bonchev–Trinajstić information content (AvgIpc) is 2.52. The molecule has 0 unspecified atom stereocenters. The first-order valence-electron chi connectivity index (χ1n) is 7.41. The molecule has 0 saturated heterocycles. The second-order valence-corrected chi connectivity index (χ2v) is 5.58. The van der Waals surface area contributed by atoms with Gasteiger partial charge in [0.15, 0.2) is 0 Å². The van der Waals surface area contributed by atoms with Gasteiger partial charge < -0.3 is 5.32 Å². The average molecular weight is 276 g/mol. The van der Waals surface area contributed by atoms with Gasteiger partial charge in [0.1, 0.15) is 0 Å². The minimum Gasteiger partial charge on any atom is -0.310 e. The molecule has 0 radical (unpaired) electrons. The number of nitrogens with zero attached hydrogens (tertiary/aromatic N) is 1. The Labute approximate surface area is 125 Å². The van der Waals surface area contributed by atoms with Crippen LogP contribution in [0.2, 0.25) is 0 Å². The predicted molar refractivity (Wildman–Crippen MR) is 89.2 cm³/mol. The fraction of sp³-hybridized carbons (Fsp3) is 0.211. The Balaban J connectivity index is 2.01. The highest BCUT2D eigenvalue weighted by Crippen LogP contribution is 2.24. The molecule has 0 amide bonds. The van der Waals surface area contributed by atoms with Crippen LogP contribution in [0.5, 0.6) is 0 Å². The Morgan fingerprint density at radius 1 is 0.905 bits per heavy atom. The van der Waals surface area contributed by atoms with Crippen molar-refractivity contribution in [1.82, 2.24) is 10.3 Å². The Hall–Kier alpha value is -2.19. The van der Waals surface area contributed by atoms with Gasteiger partial charge in [-0.25, -0.2) is 4.98 Å². The van der Waals surface area contributed by atoms with Gasteiger partial charge in [-0.3, -0.25) is 0 Å². The molecule has 1 heterocycles. The van der Waals surface area contributed by atoms with Crippen LogP contribution in [0.4, 0.5) is 0 Å². The Morgan fingerprint density at radius 3 is 2.52 bits per heavy atom. The third-order valence-electron chi connectivity index (χ3n) is 3.59. The van der Waals surface area contributed by atoms with Gasteiger partial charge in [0.25, 0.3) is 0 Å². The molecule has 0 bridgehead atoms. The maximum atomic E-state index is 4.81. The summed E-state index contributed by atoms with van der Waals surface area (Å²) in [6, 6.07) is 21.4. The van der Waals surface area contributed by atoms with Crippen molar-refractivity contribution < 1.29 is 0 Å². The maximum Gasteiger partial charge on any atom is 0.0712 e. The van der Waals surface area contributed by atoms with E-state index in [-0.39, 0.29) is 0 Å². The quantitative estimate of drug-likeness (QED) is 0.764. The molecule has 0 saturated carbocycles. The lowest BCUT2D eigenvalue weighted by Crippen LogP contribution is -2.22. The summed E-state index contributed by atoms with van der Waals surface area (Å²) < 4.78 is 0. The molecular formula is C19H20N2. The highest BCUT2D eigenvalue weighted by molar-refractivity contribution is 5.81. The number of para-hydroxylation sites is 1. The summed E-state index contributed by atoms with van der Waals surface area (Å²) in [7, 11) is 0. The molecule has 2 aromatic carbocycles. The Morgan fingerprint density at radius 2 is 1.67 bits per heavy atom. The number of nitrogens with one attached hydrogen (secondary N) is 1. The largest absolute Gasteiger partial charge is 0.310 e. The van der Waals surface area contributed by atoms with E-state index in [1.165, 1.54) is 16.5 Å². The molecule has 106 valence electrons. The van der Waals surface area contributed by atoms with E-state index in [1.54, 1.807) is 0 Å². The van der Waals surface area contributed by atoms with Gasteiger partial charge in [-0.05, 0) is 17.7 Å². The first kappa shape index (κ1) is 13.8. The smallest absolute Gasteiger partial charge is 0.0712 e. The zero-order valence-corrected chi connectivity index (χ0v) is 12.5. The number of hydrogen-bond donors (Lipinski definition) is 1. The van der Waals surface area contributed by atoms with E-state index in [0.29, 0.717) is 6.04 Å². The van der Waals surface area contributed by atoms with Crippen molar-refractivity contribution in [2.24, 2.45) is 0 Å². The van der Waals surface area contributed by atoms with Gasteiger partial charge in [0, 0.05) is 23.5 Å². The van der Waals surface area contributed by atoms with Gasteiger partial charge in [-0.1, -0.05) is 62.4 Å². The highest BCUT2D eigenvalue weighted by Gasteiger charge is 2.07. The van der Waals surface area contributed by atoms with E-state index in [0.717, 1.165) is 17.8 Å². The molecule has 3 rings (SSSR count). The molecule has 1 N–H and O–H groups in total. The van der Waals surface area contributed by atoms with E-state index in [4.69, 9.17) is 4.98 Å². The van der Waals surface area contributed by atoms with Crippen LogP contribution in [-0.4, -0.2) is 11.0 Å². The molecular weight excluding hydrogens is 256 g/mol. The zero-order valence-electron chi connectivity index (χ0n) is 12.5. The first-order chi connectivity index (χ1) is 10.2. The summed E-state index contributed by atoms with van der Waals surface area (Å²) in [5, 5.41) is 4.66. The molecule has 1 aromatic heterocycles. The van der Waals surface area contributed by atoms with Crippen LogP contribution in [-0.2, 0) is 6.54 Å². The van der Waals surface area contributed by atoms with Crippen molar-refractivity contribution in [3.8, 4) is 11.3 Å². The summed E-state index contributed by atoms with van der Waals surface area (Å²) >= 11 is 0. The summed E-state index contributed by atoms with van der Waals surface area (Å²) in [6.45, 7) is 5.19. The molecule has 0 aliphatic rings. The molecule has 2 heteroatoms. The second kappa shape index (κ2) is 6.06. The van der Waals surface area contributed by atoms with E-state index in [2.05, 4.69) is 67.7 Å². The summed E-state index contributed by atoms with van der Waals surface area (Å²) in [5.74, 6) is 0. The molecule has 2 nitrogen and oxygen atoms in total. The second-order valence-electron chi connectivity index (χ2n) is 5.58. The minimum atomic E-state index is 0.475. The molecule has 0 aliphatic heterocycles. The zero-order chi connectivity index (χ0) is 14.7. The van der Waals surface area contributed by atoms with E-state index in [1.807, 2.05) is 12.1 Å². The van der Waals surface area contributed by atoms with Crippen molar-refractivity contribution in [3.63, 3.8) is 0 Å². The van der Waals surface area contributed by atoms with Crippen molar-refractivity contribution in [2.75, 3.05) is 0 Å². The van der Waals surface area contributed by atoms with Crippen molar-refractivity contribution in [2.45, 2.75) is 26.4 Å². The van der Waals surface area contributed by atoms with Gasteiger partial charge in [-0.15, -0.1) is 0 Å². The van der Waals surface area contributed by atoms with Crippen molar-refractivity contribution in [1.29, 1.82) is 0 Å². The van der Waals surface area contributed by atoms with Crippen LogP contribution in [0, 0.1) is 0 Å². The van der Waals surface area contributed by atoms with Crippen LogP contribution in [0.1, 0.15) is 19.4 Å².